The molecular formula is C11H13FO2S. The average Bonchev–Trinajstić information content (AvgIpc) is 2.42. The number of hydrogen-bond donors (Lipinski definition) is 1. The molecule has 0 aromatic heterocycles. The maximum Gasteiger partial charge on any atom is 0.169 e. The lowest BCUT2D eigenvalue weighted by Gasteiger charge is -2.13. The van der Waals surface area contributed by atoms with Gasteiger partial charge in [-0.1, -0.05) is 6.07 Å². The number of rotatable bonds is 1. The van der Waals surface area contributed by atoms with Crippen LogP contribution in [0.5, 0.6) is 5.75 Å². The Hall–Kier alpha value is -0.740. The third kappa shape index (κ3) is 1.96. The molecule has 1 N–H and O–H groups in total. The molecule has 1 atom stereocenters. The highest BCUT2D eigenvalue weighted by Crippen LogP contribution is 2.35. The molecule has 0 fully saturated rings. The van der Waals surface area contributed by atoms with Crippen LogP contribution in [0, 0.1) is 5.82 Å². The summed E-state index contributed by atoms with van der Waals surface area (Å²) in [4.78, 5) is 0. The van der Waals surface area contributed by atoms with Crippen molar-refractivity contribution in [2.45, 2.75) is 18.3 Å². The minimum absolute atomic E-state index is 0.253. The van der Waals surface area contributed by atoms with Crippen LogP contribution in [-0.4, -0.2) is 18.0 Å². The van der Waals surface area contributed by atoms with Gasteiger partial charge in [0.15, 0.2) is 11.6 Å². The number of benzene rings is 1. The number of methoxy groups -OCH3 is 1. The van der Waals surface area contributed by atoms with E-state index in [-0.39, 0.29) is 11.6 Å². The van der Waals surface area contributed by atoms with Gasteiger partial charge in [0.25, 0.3) is 0 Å². The van der Waals surface area contributed by atoms with Crippen molar-refractivity contribution in [1.29, 1.82) is 0 Å². The van der Waals surface area contributed by atoms with Gasteiger partial charge in [-0.25, -0.2) is 4.39 Å². The average molecular weight is 228 g/mol. The highest BCUT2D eigenvalue weighted by molar-refractivity contribution is 7.98. The minimum Gasteiger partial charge on any atom is -0.494 e. The monoisotopic (exact) mass is 228 g/mol. The highest BCUT2D eigenvalue weighted by atomic mass is 32.2. The number of aliphatic hydroxyl groups excluding tert-OH is 1. The van der Waals surface area contributed by atoms with Gasteiger partial charge in [0.2, 0.25) is 0 Å². The van der Waals surface area contributed by atoms with Crippen LogP contribution < -0.4 is 4.74 Å². The number of halogens is 1. The van der Waals surface area contributed by atoms with E-state index >= 15 is 0 Å². The van der Waals surface area contributed by atoms with Gasteiger partial charge in [-0.15, -0.1) is 0 Å². The smallest absolute Gasteiger partial charge is 0.169 e. The first-order valence-electron chi connectivity index (χ1n) is 4.85. The second kappa shape index (κ2) is 4.41. The minimum atomic E-state index is -0.546. The Balaban J connectivity index is 2.50. The van der Waals surface area contributed by atoms with Gasteiger partial charge >= 0.3 is 0 Å². The lowest BCUT2D eigenvalue weighted by Crippen LogP contribution is -2.03. The Bertz CT molecular complexity index is 368. The summed E-state index contributed by atoms with van der Waals surface area (Å²) in [6.07, 6.45) is 0.138. The van der Waals surface area contributed by atoms with Crippen molar-refractivity contribution >= 4 is 11.8 Å². The van der Waals surface area contributed by atoms with Crippen LogP contribution in [0.3, 0.4) is 0 Å². The summed E-state index contributed by atoms with van der Waals surface area (Å²) in [6.45, 7) is 0. The summed E-state index contributed by atoms with van der Waals surface area (Å²) in [5.74, 6) is 1.39. The van der Waals surface area contributed by atoms with E-state index in [1.165, 1.54) is 7.11 Å². The predicted molar refractivity (Wildman–Crippen MR) is 58.7 cm³/mol. The molecule has 1 aliphatic rings. The van der Waals surface area contributed by atoms with E-state index in [2.05, 4.69) is 0 Å². The maximum absolute atomic E-state index is 13.9. The molecule has 0 spiro atoms. The van der Waals surface area contributed by atoms with Crippen molar-refractivity contribution in [3.05, 3.63) is 29.1 Å². The zero-order valence-electron chi connectivity index (χ0n) is 8.50. The molecule has 2 nitrogen and oxygen atoms in total. The van der Waals surface area contributed by atoms with Gasteiger partial charge in [0, 0.05) is 11.3 Å². The van der Waals surface area contributed by atoms with Gasteiger partial charge < -0.3 is 9.84 Å². The SMILES string of the molecule is COc1ccc2c(c1F)CSCC[C@H]2O. The molecule has 0 saturated carbocycles. The quantitative estimate of drug-likeness (QED) is 0.800. The van der Waals surface area contributed by atoms with E-state index in [0.29, 0.717) is 23.3 Å². The molecule has 0 bridgehead atoms. The molecule has 1 aromatic carbocycles. The van der Waals surface area contributed by atoms with E-state index in [1.54, 1.807) is 23.9 Å². The second-order valence-corrected chi connectivity index (χ2v) is 4.61. The molecule has 0 radical (unpaired) electrons. The van der Waals surface area contributed by atoms with Crippen LogP contribution >= 0.6 is 11.8 Å². The summed E-state index contributed by atoms with van der Waals surface area (Å²) < 4.78 is 18.8. The molecule has 0 unspecified atom stereocenters. The first-order chi connectivity index (χ1) is 7.24. The fourth-order valence-electron chi connectivity index (χ4n) is 1.76. The summed E-state index contributed by atoms with van der Waals surface area (Å²) >= 11 is 1.64. The summed E-state index contributed by atoms with van der Waals surface area (Å²) in [7, 11) is 1.45. The molecule has 1 heterocycles. The molecule has 1 aromatic rings. The van der Waals surface area contributed by atoms with Crippen LogP contribution in [0.25, 0.3) is 0 Å². The van der Waals surface area contributed by atoms with Gasteiger partial charge in [0.05, 0.1) is 13.2 Å². The molecule has 1 aliphatic heterocycles. The van der Waals surface area contributed by atoms with Crippen molar-refractivity contribution in [2.24, 2.45) is 0 Å². The normalized spacial score (nSPS) is 20.6. The molecule has 4 heteroatoms. The van der Waals surface area contributed by atoms with Crippen LogP contribution in [0.4, 0.5) is 4.39 Å². The third-order valence-corrected chi connectivity index (χ3v) is 3.62. The summed E-state index contributed by atoms with van der Waals surface area (Å²) in [5.41, 5.74) is 1.29. The zero-order valence-corrected chi connectivity index (χ0v) is 9.31. The van der Waals surface area contributed by atoms with Crippen molar-refractivity contribution < 1.29 is 14.2 Å². The van der Waals surface area contributed by atoms with Crippen molar-refractivity contribution in [2.75, 3.05) is 12.9 Å². The topological polar surface area (TPSA) is 29.5 Å². The molecule has 82 valence electrons. The van der Waals surface area contributed by atoms with E-state index in [9.17, 15) is 9.50 Å². The van der Waals surface area contributed by atoms with E-state index in [1.807, 2.05) is 0 Å². The largest absolute Gasteiger partial charge is 0.494 e. The Morgan fingerprint density at radius 2 is 2.33 bits per heavy atom. The Kier molecular flexibility index (Phi) is 3.17. The van der Waals surface area contributed by atoms with Crippen LogP contribution in [0.15, 0.2) is 12.1 Å². The Morgan fingerprint density at radius 3 is 3.07 bits per heavy atom. The van der Waals surface area contributed by atoms with Crippen molar-refractivity contribution in [3.8, 4) is 5.75 Å². The zero-order chi connectivity index (χ0) is 10.8. The van der Waals surface area contributed by atoms with Gasteiger partial charge in [-0.3, -0.25) is 0 Å². The molecule has 0 saturated heterocycles. The van der Waals surface area contributed by atoms with Crippen molar-refractivity contribution in [1.82, 2.24) is 0 Å². The Morgan fingerprint density at radius 1 is 1.53 bits per heavy atom. The lowest BCUT2D eigenvalue weighted by atomic mass is 10.0. The highest BCUT2D eigenvalue weighted by Gasteiger charge is 2.21. The lowest BCUT2D eigenvalue weighted by molar-refractivity contribution is 0.174. The summed E-state index contributed by atoms with van der Waals surface area (Å²) in [5, 5.41) is 9.81. The van der Waals surface area contributed by atoms with Crippen LogP contribution in [-0.2, 0) is 5.75 Å². The van der Waals surface area contributed by atoms with Gasteiger partial charge in [0.1, 0.15) is 0 Å². The van der Waals surface area contributed by atoms with Crippen molar-refractivity contribution in [3.63, 3.8) is 0 Å². The fourth-order valence-corrected chi connectivity index (χ4v) is 2.79. The van der Waals surface area contributed by atoms with Gasteiger partial charge in [-0.05, 0) is 23.8 Å². The number of fused-ring (bicyclic) bond motifs is 1. The number of ether oxygens (including phenoxy) is 1. The first-order valence-corrected chi connectivity index (χ1v) is 6.00. The van der Waals surface area contributed by atoms with Crippen LogP contribution in [0.1, 0.15) is 23.7 Å². The maximum atomic E-state index is 13.9. The molecular weight excluding hydrogens is 215 g/mol. The van der Waals surface area contributed by atoms with E-state index in [4.69, 9.17) is 4.74 Å². The number of thioether (sulfide) groups is 1. The fraction of sp³-hybridized carbons (Fsp3) is 0.455. The molecule has 0 amide bonds. The van der Waals surface area contributed by atoms with E-state index < -0.39 is 6.10 Å². The summed E-state index contributed by atoms with van der Waals surface area (Å²) in [6, 6.07) is 3.33. The predicted octanol–water partition coefficient (Wildman–Crippen LogP) is 2.50. The van der Waals surface area contributed by atoms with Crippen LogP contribution in [0.2, 0.25) is 0 Å². The van der Waals surface area contributed by atoms with E-state index in [0.717, 1.165) is 5.75 Å². The number of hydrogen-bond acceptors (Lipinski definition) is 3. The Labute approximate surface area is 92.4 Å². The number of aliphatic hydroxyl groups is 1. The second-order valence-electron chi connectivity index (χ2n) is 3.51. The first kappa shape index (κ1) is 10.8. The third-order valence-electron chi connectivity index (χ3n) is 2.60. The molecule has 15 heavy (non-hydrogen) atoms. The standard InChI is InChI=1S/C11H13FO2S/c1-14-10-3-2-7-8(11(10)12)6-15-5-4-9(7)13/h2-3,9,13H,4-6H2,1H3/t9-/m1/s1. The molecule has 2 rings (SSSR count). The van der Waals surface area contributed by atoms with Gasteiger partial charge in [-0.2, -0.15) is 11.8 Å². The molecule has 0 aliphatic carbocycles.